The number of carbonyl (C=O) groups is 4. The Balaban J connectivity index is 1.53. The molecule has 0 spiro atoms. The lowest BCUT2D eigenvalue weighted by atomic mass is 10.0. The molecule has 4 rings (SSSR count). The number of carbonyl (C=O) groups excluding carboxylic acids is 4. The maximum absolute atomic E-state index is 13.0. The second-order valence-corrected chi connectivity index (χ2v) is 7.33. The van der Waals surface area contributed by atoms with Crippen molar-refractivity contribution < 1.29 is 28.7 Å². The number of benzene rings is 2. The number of rotatable bonds is 6. The van der Waals surface area contributed by atoms with Gasteiger partial charge in [0.15, 0.2) is 6.61 Å². The Morgan fingerprint density at radius 3 is 2.10 bits per heavy atom. The first-order valence-corrected chi connectivity index (χ1v) is 10.1. The SMILES string of the molecule is O=C(OCC(=O)N1CCOCC1)C(Cc1ccccc1)N1C(=O)c2ccccc2C1=O. The second-order valence-electron chi connectivity index (χ2n) is 7.33. The molecule has 1 unspecified atom stereocenters. The smallest absolute Gasteiger partial charge is 0.330 e. The molecule has 0 aromatic heterocycles. The zero-order valence-electron chi connectivity index (χ0n) is 16.9. The van der Waals surface area contributed by atoms with E-state index in [1.54, 1.807) is 41.3 Å². The molecule has 2 aliphatic heterocycles. The zero-order chi connectivity index (χ0) is 21.8. The first kappa shape index (κ1) is 20.7. The molecule has 1 atom stereocenters. The van der Waals surface area contributed by atoms with Crippen LogP contribution in [0.3, 0.4) is 0 Å². The standard InChI is InChI=1S/C23H22N2O6/c26-20(24-10-12-30-13-11-24)15-31-23(29)19(14-16-6-2-1-3-7-16)25-21(27)17-8-4-5-9-18(17)22(25)28/h1-9,19H,10-15H2. The molecule has 0 N–H and O–H groups in total. The van der Waals surface area contributed by atoms with Crippen molar-refractivity contribution in [2.75, 3.05) is 32.9 Å². The van der Waals surface area contributed by atoms with Gasteiger partial charge in [0, 0.05) is 19.5 Å². The van der Waals surface area contributed by atoms with Crippen LogP contribution in [0.2, 0.25) is 0 Å². The van der Waals surface area contributed by atoms with Crippen LogP contribution in [-0.4, -0.2) is 72.4 Å². The van der Waals surface area contributed by atoms with E-state index in [1.165, 1.54) is 0 Å². The average Bonchev–Trinajstić information content (AvgIpc) is 3.07. The van der Waals surface area contributed by atoms with Crippen molar-refractivity contribution in [2.45, 2.75) is 12.5 Å². The van der Waals surface area contributed by atoms with E-state index in [1.807, 2.05) is 18.2 Å². The molecule has 31 heavy (non-hydrogen) atoms. The number of morpholine rings is 1. The van der Waals surface area contributed by atoms with Crippen LogP contribution in [0.15, 0.2) is 54.6 Å². The Labute approximate surface area is 179 Å². The van der Waals surface area contributed by atoms with Crippen LogP contribution in [-0.2, 0) is 25.5 Å². The number of ether oxygens (including phenoxy) is 2. The lowest BCUT2D eigenvalue weighted by Crippen LogP contribution is -2.48. The fourth-order valence-corrected chi connectivity index (χ4v) is 3.74. The normalized spacial score (nSPS) is 16.8. The van der Waals surface area contributed by atoms with Crippen LogP contribution in [0.4, 0.5) is 0 Å². The predicted octanol–water partition coefficient (Wildman–Crippen LogP) is 1.30. The molecule has 0 saturated carbocycles. The minimum atomic E-state index is -1.17. The van der Waals surface area contributed by atoms with Crippen LogP contribution in [0.25, 0.3) is 0 Å². The van der Waals surface area contributed by atoms with Gasteiger partial charge in [-0.25, -0.2) is 4.79 Å². The predicted molar refractivity (Wildman–Crippen MR) is 109 cm³/mol. The number of imide groups is 1. The van der Waals surface area contributed by atoms with Crippen molar-refractivity contribution in [1.82, 2.24) is 9.80 Å². The lowest BCUT2D eigenvalue weighted by molar-refractivity contribution is -0.156. The molecular weight excluding hydrogens is 400 g/mol. The van der Waals surface area contributed by atoms with Crippen LogP contribution >= 0.6 is 0 Å². The summed E-state index contributed by atoms with van der Waals surface area (Å²) < 4.78 is 10.5. The van der Waals surface area contributed by atoms with Crippen LogP contribution in [0.1, 0.15) is 26.3 Å². The molecule has 2 aromatic carbocycles. The maximum Gasteiger partial charge on any atom is 0.330 e. The molecule has 0 bridgehead atoms. The summed E-state index contributed by atoms with van der Waals surface area (Å²) in [5.74, 6) is -2.21. The van der Waals surface area contributed by atoms with E-state index in [-0.39, 0.29) is 23.5 Å². The van der Waals surface area contributed by atoms with Gasteiger partial charge in [0.25, 0.3) is 17.7 Å². The fraction of sp³-hybridized carbons (Fsp3) is 0.304. The van der Waals surface area contributed by atoms with Gasteiger partial charge < -0.3 is 14.4 Å². The Kier molecular flexibility index (Phi) is 6.08. The molecule has 2 heterocycles. The van der Waals surface area contributed by atoms with Crippen molar-refractivity contribution in [1.29, 1.82) is 0 Å². The van der Waals surface area contributed by atoms with E-state index < -0.39 is 30.4 Å². The van der Waals surface area contributed by atoms with E-state index in [9.17, 15) is 19.2 Å². The van der Waals surface area contributed by atoms with Gasteiger partial charge in [0.2, 0.25) is 0 Å². The number of esters is 1. The van der Waals surface area contributed by atoms with E-state index >= 15 is 0 Å². The van der Waals surface area contributed by atoms with Gasteiger partial charge in [-0.05, 0) is 17.7 Å². The van der Waals surface area contributed by atoms with E-state index in [4.69, 9.17) is 9.47 Å². The highest BCUT2D eigenvalue weighted by Crippen LogP contribution is 2.26. The largest absolute Gasteiger partial charge is 0.454 e. The Morgan fingerprint density at radius 2 is 1.48 bits per heavy atom. The molecule has 8 heteroatoms. The monoisotopic (exact) mass is 422 g/mol. The molecule has 1 saturated heterocycles. The summed E-state index contributed by atoms with van der Waals surface area (Å²) in [7, 11) is 0. The van der Waals surface area contributed by atoms with Gasteiger partial charge in [-0.3, -0.25) is 19.3 Å². The number of hydrogen-bond acceptors (Lipinski definition) is 6. The van der Waals surface area contributed by atoms with Crippen LogP contribution in [0.5, 0.6) is 0 Å². The molecular formula is C23H22N2O6. The average molecular weight is 422 g/mol. The number of fused-ring (bicyclic) bond motifs is 1. The summed E-state index contributed by atoms with van der Waals surface area (Å²) in [5, 5.41) is 0. The summed E-state index contributed by atoms with van der Waals surface area (Å²) in [4.78, 5) is 53.7. The van der Waals surface area contributed by atoms with Gasteiger partial charge in [-0.15, -0.1) is 0 Å². The molecule has 2 aliphatic rings. The van der Waals surface area contributed by atoms with Gasteiger partial charge in [-0.1, -0.05) is 42.5 Å². The lowest BCUT2D eigenvalue weighted by Gasteiger charge is -2.28. The Bertz CT molecular complexity index is 965. The van der Waals surface area contributed by atoms with Gasteiger partial charge in [0.05, 0.1) is 24.3 Å². The summed E-state index contributed by atoms with van der Waals surface area (Å²) in [5.41, 5.74) is 1.27. The summed E-state index contributed by atoms with van der Waals surface area (Å²) >= 11 is 0. The van der Waals surface area contributed by atoms with E-state index in [2.05, 4.69) is 0 Å². The van der Waals surface area contributed by atoms with Gasteiger partial charge >= 0.3 is 5.97 Å². The van der Waals surface area contributed by atoms with Crippen molar-refractivity contribution in [3.05, 3.63) is 71.3 Å². The van der Waals surface area contributed by atoms with Crippen molar-refractivity contribution >= 4 is 23.7 Å². The molecule has 3 amide bonds. The summed E-state index contributed by atoms with van der Waals surface area (Å²) in [6, 6.07) is 14.3. The first-order chi connectivity index (χ1) is 15.1. The third-order valence-corrected chi connectivity index (χ3v) is 5.38. The van der Waals surface area contributed by atoms with E-state index in [0.717, 1.165) is 10.5 Å². The maximum atomic E-state index is 13.0. The Morgan fingerprint density at radius 1 is 0.903 bits per heavy atom. The van der Waals surface area contributed by atoms with E-state index in [0.29, 0.717) is 26.3 Å². The molecule has 160 valence electrons. The highest BCUT2D eigenvalue weighted by molar-refractivity contribution is 6.22. The highest BCUT2D eigenvalue weighted by atomic mass is 16.5. The third kappa shape index (κ3) is 4.34. The molecule has 0 radical (unpaired) electrons. The topological polar surface area (TPSA) is 93.2 Å². The molecule has 8 nitrogen and oxygen atoms in total. The highest BCUT2D eigenvalue weighted by Gasteiger charge is 2.43. The quantitative estimate of drug-likeness (QED) is 0.515. The molecule has 1 fully saturated rings. The number of amides is 3. The fourth-order valence-electron chi connectivity index (χ4n) is 3.74. The minimum Gasteiger partial charge on any atom is -0.454 e. The minimum absolute atomic E-state index is 0.0941. The van der Waals surface area contributed by atoms with Gasteiger partial charge in [0.1, 0.15) is 6.04 Å². The van der Waals surface area contributed by atoms with Crippen molar-refractivity contribution in [3.63, 3.8) is 0 Å². The summed E-state index contributed by atoms with van der Waals surface area (Å²) in [6.45, 7) is 1.29. The van der Waals surface area contributed by atoms with Crippen molar-refractivity contribution in [3.8, 4) is 0 Å². The van der Waals surface area contributed by atoms with Crippen LogP contribution < -0.4 is 0 Å². The zero-order valence-corrected chi connectivity index (χ0v) is 16.9. The van der Waals surface area contributed by atoms with Crippen molar-refractivity contribution in [2.24, 2.45) is 0 Å². The second kappa shape index (κ2) is 9.09. The Hall–Kier alpha value is -3.52. The summed E-state index contributed by atoms with van der Waals surface area (Å²) in [6.07, 6.45) is 0.0941. The third-order valence-electron chi connectivity index (χ3n) is 5.38. The number of hydrogen-bond donors (Lipinski definition) is 0. The number of nitrogens with zero attached hydrogens (tertiary/aromatic N) is 2. The van der Waals surface area contributed by atoms with Crippen LogP contribution in [0, 0.1) is 0 Å². The molecule has 0 aliphatic carbocycles. The molecule has 2 aromatic rings. The first-order valence-electron chi connectivity index (χ1n) is 10.1. The van der Waals surface area contributed by atoms with Gasteiger partial charge in [-0.2, -0.15) is 0 Å².